The highest BCUT2D eigenvalue weighted by Crippen LogP contribution is 2.27. The lowest BCUT2D eigenvalue weighted by Crippen LogP contribution is -1.94. The van der Waals surface area contributed by atoms with Crippen LogP contribution in [0.25, 0.3) is 0 Å². The summed E-state index contributed by atoms with van der Waals surface area (Å²) >= 11 is 14.7. The molecule has 1 aromatic heterocycles. The van der Waals surface area contributed by atoms with E-state index in [1.807, 2.05) is 12.1 Å². The summed E-state index contributed by atoms with van der Waals surface area (Å²) in [6, 6.07) is 7.23. The van der Waals surface area contributed by atoms with Gasteiger partial charge in [-0.15, -0.1) is 10.2 Å². The van der Waals surface area contributed by atoms with E-state index in [1.165, 1.54) is 0 Å². The van der Waals surface area contributed by atoms with Crippen molar-refractivity contribution in [1.29, 1.82) is 0 Å². The van der Waals surface area contributed by atoms with Crippen molar-refractivity contribution in [2.75, 3.05) is 0 Å². The Morgan fingerprint density at radius 3 is 2.75 bits per heavy atom. The van der Waals surface area contributed by atoms with E-state index < -0.39 is 0 Å². The number of hydrogen-bond acceptors (Lipinski definition) is 4. The van der Waals surface area contributed by atoms with Gasteiger partial charge in [0.25, 0.3) is 5.88 Å². The Labute approximate surface area is 110 Å². The van der Waals surface area contributed by atoms with Crippen LogP contribution in [-0.4, -0.2) is 15.2 Å². The van der Waals surface area contributed by atoms with Crippen LogP contribution in [0.2, 0.25) is 10.4 Å². The van der Waals surface area contributed by atoms with Crippen LogP contribution >= 0.6 is 39.1 Å². The molecule has 0 unspecified atom stereocenters. The van der Waals surface area contributed by atoms with Gasteiger partial charge < -0.3 is 4.74 Å². The third-order valence-corrected chi connectivity index (χ3v) is 2.49. The number of ether oxygens (including phenoxy) is 1. The topological polar surface area (TPSA) is 47.9 Å². The maximum Gasteiger partial charge on any atom is 0.262 e. The van der Waals surface area contributed by atoms with Crippen LogP contribution in [0, 0.1) is 0 Å². The van der Waals surface area contributed by atoms with Crippen molar-refractivity contribution in [2.24, 2.45) is 0 Å². The molecule has 1 aromatic carbocycles. The molecule has 0 atom stereocenters. The number of rotatable bonds is 2. The molecular weight excluding hydrogens is 317 g/mol. The molecule has 2 aromatic rings. The maximum atomic E-state index is 5.75. The zero-order chi connectivity index (χ0) is 11.5. The molecule has 0 spiro atoms. The first kappa shape index (κ1) is 11.6. The Morgan fingerprint density at radius 2 is 2.00 bits per heavy atom. The SMILES string of the molecule is Clc1nnc(Cl)c(Oc2cccc(Br)c2)n1. The Bertz CT molecular complexity index is 524. The molecule has 0 bridgehead atoms. The third kappa shape index (κ3) is 2.81. The minimum Gasteiger partial charge on any atom is -0.436 e. The monoisotopic (exact) mass is 319 g/mol. The van der Waals surface area contributed by atoms with Gasteiger partial charge in [-0.2, -0.15) is 4.98 Å². The van der Waals surface area contributed by atoms with Gasteiger partial charge in [0.1, 0.15) is 5.75 Å². The molecule has 0 aliphatic rings. The van der Waals surface area contributed by atoms with E-state index in [9.17, 15) is 0 Å². The van der Waals surface area contributed by atoms with Crippen molar-refractivity contribution in [2.45, 2.75) is 0 Å². The van der Waals surface area contributed by atoms with Gasteiger partial charge in [-0.25, -0.2) is 0 Å². The fraction of sp³-hybridized carbons (Fsp3) is 0. The number of benzene rings is 1. The van der Waals surface area contributed by atoms with Crippen molar-refractivity contribution in [3.63, 3.8) is 0 Å². The quantitative estimate of drug-likeness (QED) is 0.845. The van der Waals surface area contributed by atoms with Crippen LogP contribution in [0.1, 0.15) is 0 Å². The van der Waals surface area contributed by atoms with E-state index in [4.69, 9.17) is 27.9 Å². The first-order chi connectivity index (χ1) is 7.65. The van der Waals surface area contributed by atoms with E-state index in [2.05, 4.69) is 31.1 Å². The van der Waals surface area contributed by atoms with Gasteiger partial charge in [-0.05, 0) is 29.8 Å². The summed E-state index contributed by atoms with van der Waals surface area (Å²) in [5.41, 5.74) is 0. The van der Waals surface area contributed by atoms with Crippen LogP contribution in [0.3, 0.4) is 0 Å². The van der Waals surface area contributed by atoms with E-state index in [1.54, 1.807) is 12.1 Å². The molecule has 0 saturated heterocycles. The summed E-state index contributed by atoms with van der Waals surface area (Å²) in [7, 11) is 0. The van der Waals surface area contributed by atoms with Gasteiger partial charge in [-0.1, -0.05) is 33.6 Å². The zero-order valence-electron chi connectivity index (χ0n) is 7.69. The van der Waals surface area contributed by atoms with Gasteiger partial charge in [0, 0.05) is 4.47 Å². The molecule has 82 valence electrons. The van der Waals surface area contributed by atoms with Gasteiger partial charge in [0.2, 0.25) is 10.4 Å². The lowest BCUT2D eigenvalue weighted by molar-refractivity contribution is 0.457. The van der Waals surface area contributed by atoms with E-state index in [-0.39, 0.29) is 16.3 Å². The Balaban J connectivity index is 2.30. The van der Waals surface area contributed by atoms with Crippen LogP contribution in [0.4, 0.5) is 0 Å². The minimum absolute atomic E-state index is 0.0191. The van der Waals surface area contributed by atoms with Crippen molar-refractivity contribution in [3.8, 4) is 11.6 Å². The summed E-state index contributed by atoms with van der Waals surface area (Å²) in [5.74, 6) is 0.701. The standard InChI is InChI=1S/C9H4BrCl2N3O/c10-5-2-1-3-6(4-5)16-8-7(11)14-15-9(12)13-8/h1-4H. The number of hydrogen-bond donors (Lipinski definition) is 0. The molecule has 0 amide bonds. The fourth-order valence-electron chi connectivity index (χ4n) is 0.987. The Morgan fingerprint density at radius 1 is 1.19 bits per heavy atom. The maximum absolute atomic E-state index is 5.75. The highest BCUT2D eigenvalue weighted by atomic mass is 79.9. The molecule has 0 fully saturated rings. The predicted molar refractivity (Wildman–Crippen MR) is 64.1 cm³/mol. The molecule has 0 N–H and O–H groups in total. The molecule has 0 aliphatic heterocycles. The smallest absolute Gasteiger partial charge is 0.262 e. The van der Waals surface area contributed by atoms with Crippen LogP contribution in [-0.2, 0) is 0 Å². The number of aromatic nitrogens is 3. The molecule has 2 rings (SSSR count). The second-order valence-electron chi connectivity index (χ2n) is 2.74. The Kier molecular flexibility index (Phi) is 3.58. The van der Waals surface area contributed by atoms with Gasteiger partial charge in [0.15, 0.2) is 0 Å². The summed E-state index contributed by atoms with van der Waals surface area (Å²) in [6.45, 7) is 0. The largest absolute Gasteiger partial charge is 0.436 e. The number of halogens is 3. The van der Waals surface area contributed by atoms with Gasteiger partial charge in [-0.3, -0.25) is 0 Å². The highest BCUT2D eigenvalue weighted by Gasteiger charge is 2.08. The normalized spacial score (nSPS) is 10.2. The second-order valence-corrected chi connectivity index (χ2v) is 4.35. The van der Waals surface area contributed by atoms with Crippen molar-refractivity contribution in [3.05, 3.63) is 39.2 Å². The molecule has 0 radical (unpaired) electrons. The fourth-order valence-corrected chi connectivity index (χ4v) is 1.60. The number of nitrogens with zero attached hydrogens (tertiary/aromatic N) is 3. The van der Waals surface area contributed by atoms with Crippen molar-refractivity contribution in [1.82, 2.24) is 15.2 Å². The zero-order valence-corrected chi connectivity index (χ0v) is 10.8. The third-order valence-electron chi connectivity index (χ3n) is 1.60. The molecule has 7 heteroatoms. The highest BCUT2D eigenvalue weighted by molar-refractivity contribution is 9.10. The van der Waals surface area contributed by atoms with Crippen LogP contribution in [0.5, 0.6) is 11.6 Å². The molecule has 0 aliphatic carbocycles. The van der Waals surface area contributed by atoms with E-state index >= 15 is 0 Å². The summed E-state index contributed by atoms with van der Waals surface area (Å²) < 4.78 is 6.29. The van der Waals surface area contributed by atoms with Crippen LogP contribution < -0.4 is 4.74 Å². The predicted octanol–water partition coefficient (Wildman–Crippen LogP) is 3.73. The van der Waals surface area contributed by atoms with Gasteiger partial charge in [0.05, 0.1) is 0 Å². The van der Waals surface area contributed by atoms with E-state index in [0.29, 0.717) is 5.75 Å². The first-order valence-corrected chi connectivity index (χ1v) is 5.69. The summed E-state index contributed by atoms with van der Waals surface area (Å²) in [6.07, 6.45) is 0. The first-order valence-electron chi connectivity index (χ1n) is 4.14. The van der Waals surface area contributed by atoms with Gasteiger partial charge >= 0.3 is 0 Å². The van der Waals surface area contributed by atoms with Crippen molar-refractivity contribution < 1.29 is 4.74 Å². The molecule has 4 nitrogen and oxygen atoms in total. The lowest BCUT2D eigenvalue weighted by atomic mass is 10.3. The molecule has 16 heavy (non-hydrogen) atoms. The van der Waals surface area contributed by atoms with Crippen molar-refractivity contribution >= 4 is 39.1 Å². The van der Waals surface area contributed by atoms with E-state index in [0.717, 1.165) is 4.47 Å². The minimum atomic E-state index is -0.0191. The summed E-state index contributed by atoms with van der Waals surface area (Å²) in [4.78, 5) is 3.82. The average molecular weight is 321 g/mol. The van der Waals surface area contributed by atoms with Crippen LogP contribution in [0.15, 0.2) is 28.7 Å². The second kappa shape index (κ2) is 4.95. The molecular formula is C9H4BrCl2N3O. The summed E-state index contributed by atoms with van der Waals surface area (Å²) in [5, 5.41) is 7.10. The molecule has 0 saturated carbocycles. The molecule has 1 heterocycles. The lowest BCUT2D eigenvalue weighted by Gasteiger charge is -2.05. The Hall–Kier alpha value is -0.910. The average Bonchev–Trinajstić information content (AvgIpc) is 2.24.